The molecule has 19 heavy (non-hydrogen) atoms. The van der Waals surface area contributed by atoms with Crippen molar-refractivity contribution in [2.75, 3.05) is 0 Å². The van der Waals surface area contributed by atoms with Gasteiger partial charge in [-0.25, -0.2) is 0 Å². The summed E-state index contributed by atoms with van der Waals surface area (Å²) in [5.74, 6) is 0.903. The maximum Gasteiger partial charge on any atom is 0.0544 e. The van der Waals surface area contributed by atoms with Crippen molar-refractivity contribution in [1.29, 1.82) is 0 Å². The van der Waals surface area contributed by atoms with E-state index < -0.39 is 0 Å². The fraction of sp³-hybridized carbons (Fsp3) is 0.706. The van der Waals surface area contributed by atoms with Gasteiger partial charge in [0.25, 0.3) is 0 Å². The van der Waals surface area contributed by atoms with Crippen molar-refractivity contribution < 1.29 is 0 Å². The molecule has 1 aromatic heterocycles. The van der Waals surface area contributed by atoms with Gasteiger partial charge in [0.2, 0.25) is 0 Å². The number of nitrogens with one attached hydrogen (secondary N) is 1. The van der Waals surface area contributed by atoms with Gasteiger partial charge in [0.15, 0.2) is 0 Å². The molecule has 2 nitrogen and oxygen atoms in total. The predicted molar refractivity (Wildman–Crippen MR) is 78.8 cm³/mol. The number of aryl methyl sites for hydroxylation is 1. The molecule has 0 spiro atoms. The highest BCUT2D eigenvalue weighted by molar-refractivity contribution is 5.14. The van der Waals surface area contributed by atoms with Crippen molar-refractivity contribution in [1.82, 2.24) is 10.3 Å². The summed E-state index contributed by atoms with van der Waals surface area (Å²) in [5.41, 5.74) is 3.20. The van der Waals surface area contributed by atoms with Crippen molar-refractivity contribution >= 4 is 0 Å². The second kappa shape index (κ2) is 4.31. The van der Waals surface area contributed by atoms with Crippen molar-refractivity contribution in [3.05, 3.63) is 29.6 Å². The summed E-state index contributed by atoms with van der Waals surface area (Å²) in [6.45, 7) is 10.3. The Balaban J connectivity index is 1.73. The number of aromatic nitrogens is 1. The Morgan fingerprint density at radius 1 is 1.32 bits per heavy atom. The van der Waals surface area contributed by atoms with Gasteiger partial charge < -0.3 is 5.32 Å². The Morgan fingerprint density at radius 3 is 2.74 bits per heavy atom. The number of hydrogen-bond acceptors (Lipinski definition) is 2. The maximum absolute atomic E-state index is 4.60. The van der Waals surface area contributed by atoms with Gasteiger partial charge in [0.05, 0.1) is 5.69 Å². The molecule has 104 valence electrons. The lowest BCUT2D eigenvalue weighted by Gasteiger charge is -2.43. The third-order valence-corrected chi connectivity index (χ3v) is 5.70. The SMILES string of the molecule is Cc1cccc(CNC2C3(C)CCC(C3)C2(C)C)n1. The molecular weight excluding hydrogens is 232 g/mol. The van der Waals surface area contributed by atoms with Crippen LogP contribution in [0, 0.1) is 23.7 Å². The van der Waals surface area contributed by atoms with Crippen LogP contribution in [-0.2, 0) is 6.54 Å². The Bertz CT molecular complexity index is 475. The van der Waals surface area contributed by atoms with Gasteiger partial charge in [0, 0.05) is 18.3 Å². The summed E-state index contributed by atoms with van der Waals surface area (Å²) >= 11 is 0. The van der Waals surface area contributed by atoms with Gasteiger partial charge >= 0.3 is 0 Å². The largest absolute Gasteiger partial charge is 0.307 e. The minimum atomic E-state index is 0.427. The van der Waals surface area contributed by atoms with E-state index >= 15 is 0 Å². The van der Waals surface area contributed by atoms with Crippen LogP contribution in [0.4, 0.5) is 0 Å². The summed E-state index contributed by atoms with van der Waals surface area (Å²) in [4.78, 5) is 4.60. The Hall–Kier alpha value is -0.890. The highest BCUT2D eigenvalue weighted by atomic mass is 15.0. The lowest BCUT2D eigenvalue weighted by atomic mass is 9.68. The van der Waals surface area contributed by atoms with Crippen LogP contribution >= 0.6 is 0 Å². The van der Waals surface area contributed by atoms with Crippen LogP contribution in [-0.4, -0.2) is 11.0 Å². The molecule has 2 aliphatic rings. The van der Waals surface area contributed by atoms with Crippen molar-refractivity contribution in [3.63, 3.8) is 0 Å². The number of hydrogen-bond donors (Lipinski definition) is 1. The highest BCUT2D eigenvalue weighted by Gasteiger charge is 2.58. The monoisotopic (exact) mass is 258 g/mol. The third kappa shape index (κ3) is 2.10. The van der Waals surface area contributed by atoms with Gasteiger partial charge in [-0.15, -0.1) is 0 Å². The topological polar surface area (TPSA) is 24.9 Å². The first-order valence-electron chi connectivity index (χ1n) is 7.58. The Labute approximate surface area is 117 Å². The lowest BCUT2D eigenvalue weighted by Crippen LogP contribution is -2.50. The fourth-order valence-electron chi connectivity index (χ4n) is 4.72. The molecule has 2 bridgehead atoms. The molecule has 0 aromatic carbocycles. The molecule has 2 aliphatic carbocycles. The molecule has 1 N–H and O–H groups in total. The zero-order valence-electron chi connectivity index (χ0n) is 12.7. The molecule has 2 saturated carbocycles. The van der Waals surface area contributed by atoms with Gasteiger partial charge in [-0.2, -0.15) is 0 Å². The lowest BCUT2D eigenvalue weighted by molar-refractivity contribution is 0.107. The quantitative estimate of drug-likeness (QED) is 0.894. The first-order valence-corrected chi connectivity index (χ1v) is 7.58. The first kappa shape index (κ1) is 13.1. The molecule has 0 amide bonds. The zero-order chi connectivity index (χ0) is 13.7. The molecule has 2 fully saturated rings. The molecule has 1 aromatic rings. The van der Waals surface area contributed by atoms with Crippen LogP contribution < -0.4 is 5.32 Å². The minimum Gasteiger partial charge on any atom is -0.307 e. The van der Waals surface area contributed by atoms with E-state index in [1.165, 1.54) is 25.0 Å². The normalized spacial score (nSPS) is 35.8. The van der Waals surface area contributed by atoms with Crippen LogP contribution in [0.15, 0.2) is 18.2 Å². The van der Waals surface area contributed by atoms with Crippen LogP contribution in [0.25, 0.3) is 0 Å². The second-order valence-electron chi connectivity index (χ2n) is 7.50. The van der Waals surface area contributed by atoms with E-state index in [0.29, 0.717) is 16.9 Å². The van der Waals surface area contributed by atoms with Crippen molar-refractivity contribution in [2.45, 2.75) is 59.5 Å². The van der Waals surface area contributed by atoms with E-state index in [2.05, 4.69) is 56.2 Å². The van der Waals surface area contributed by atoms with Crippen LogP contribution in [0.1, 0.15) is 51.4 Å². The van der Waals surface area contributed by atoms with Crippen molar-refractivity contribution in [2.24, 2.45) is 16.7 Å². The molecule has 0 radical (unpaired) electrons. The highest BCUT2D eigenvalue weighted by Crippen LogP contribution is 2.62. The van der Waals surface area contributed by atoms with E-state index in [0.717, 1.165) is 18.2 Å². The average molecular weight is 258 g/mol. The number of pyridine rings is 1. The molecule has 1 heterocycles. The minimum absolute atomic E-state index is 0.427. The Kier molecular flexibility index (Phi) is 2.97. The second-order valence-corrected chi connectivity index (χ2v) is 7.50. The van der Waals surface area contributed by atoms with Crippen molar-refractivity contribution in [3.8, 4) is 0 Å². The number of nitrogens with zero attached hydrogens (tertiary/aromatic N) is 1. The van der Waals surface area contributed by atoms with Crippen LogP contribution in [0.3, 0.4) is 0 Å². The summed E-state index contributed by atoms with van der Waals surface area (Å²) in [7, 11) is 0. The van der Waals surface area contributed by atoms with E-state index in [4.69, 9.17) is 0 Å². The van der Waals surface area contributed by atoms with E-state index in [9.17, 15) is 0 Å². The van der Waals surface area contributed by atoms with E-state index in [-0.39, 0.29) is 0 Å². The number of fused-ring (bicyclic) bond motifs is 2. The molecular formula is C17H26N2. The van der Waals surface area contributed by atoms with Gasteiger partial charge in [-0.05, 0) is 55.1 Å². The van der Waals surface area contributed by atoms with Gasteiger partial charge in [-0.1, -0.05) is 26.8 Å². The Morgan fingerprint density at radius 2 is 2.11 bits per heavy atom. The fourth-order valence-corrected chi connectivity index (χ4v) is 4.72. The molecule has 2 heteroatoms. The zero-order valence-corrected chi connectivity index (χ0v) is 12.7. The summed E-state index contributed by atoms with van der Waals surface area (Å²) in [5, 5.41) is 3.82. The maximum atomic E-state index is 4.60. The summed E-state index contributed by atoms with van der Waals surface area (Å²) in [6, 6.07) is 6.92. The molecule has 0 aliphatic heterocycles. The molecule has 3 rings (SSSR count). The third-order valence-electron chi connectivity index (χ3n) is 5.70. The smallest absolute Gasteiger partial charge is 0.0544 e. The average Bonchev–Trinajstić information content (AvgIpc) is 2.80. The van der Waals surface area contributed by atoms with Gasteiger partial charge in [-0.3, -0.25) is 4.98 Å². The summed E-state index contributed by atoms with van der Waals surface area (Å²) in [6.07, 6.45) is 4.21. The standard InChI is InChI=1S/C17H26N2/c1-12-6-5-7-14(19-12)11-18-15-16(2,3)13-8-9-17(15,4)10-13/h5-7,13,15,18H,8-11H2,1-4H3. The van der Waals surface area contributed by atoms with Crippen LogP contribution in [0.2, 0.25) is 0 Å². The van der Waals surface area contributed by atoms with Crippen LogP contribution in [0.5, 0.6) is 0 Å². The first-order chi connectivity index (χ1) is 8.92. The summed E-state index contributed by atoms with van der Waals surface area (Å²) < 4.78 is 0. The van der Waals surface area contributed by atoms with Gasteiger partial charge in [0.1, 0.15) is 0 Å². The molecule has 3 unspecified atom stereocenters. The van der Waals surface area contributed by atoms with E-state index in [1.807, 2.05) is 0 Å². The molecule has 3 atom stereocenters. The predicted octanol–water partition coefficient (Wildman–Crippen LogP) is 3.69. The molecule has 0 saturated heterocycles. The van der Waals surface area contributed by atoms with E-state index in [1.54, 1.807) is 0 Å². The number of rotatable bonds is 3.